The van der Waals surface area contributed by atoms with Gasteiger partial charge >= 0.3 is 0 Å². The molecule has 1 aliphatic rings. The van der Waals surface area contributed by atoms with Crippen molar-refractivity contribution in [3.05, 3.63) is 36.5 Å². The molecule has 0 radical (unpaired) electrons. The van der Waals surface area contributed by atoms with E-state index >= 15 is 0 Å². The van der Waals surface area contributed by atoms with Crippen molar-refractivity contribution in [3.63, 3.8) is 0 Å². The van der Waals surface area contributed by atoms with Crippen molar-refractivity contribution in [3.8, 4) is 5.88 Å². The van der Waals surface area contributed by atoms with Gasteiger partial charge in [0.15, 0.2) is 0 Å². The largest absolute Gasteiger partial charge is 0.474 e. The number of H-pyrrole nitrogens is 1. The summed E-state index contributed by atoms with van der Waals surface area (Å²) in [5.41, 5.74) is 0. The van der Waals surface area contributed by atoms with Gasteiger partial charge in [0.05, 0.1) is 0 Å². The average Bonchev–Trinajstić information content (AvgIpc) is 3.05. The Hall–Kier alpha value is -2.44. The summed E-state index contributed by atoms with van der Waals surface area (Å²) in [6, 6.07) is 5.79. The summed E-state index contributed by atoms with van der Waals surface area (Å²) in [5, 5.41) is 9.19. The van der Waals surface area contributed by atoms with Gasteiger partial charge in [-0.15, -0.1) is 0 Å². The molecule has 2 aromatic rings. The molecule has 0 bridgehead atoms. The first-order valence-electron chi connectivity index (χ1n) is 7.05. The van der Waals surface area contributed by atoms with E-state index in [1.54, 1.807) is 6.20 Å². The number of hydrogen-bond acceptors (Lipinski definition) is 5. The Morgan fingerprint density at radius 3 is 2.76 bits per heavy atom. The highest BCUT2D eigenvalue weighted by atomic mass is 16.5. The summed E-state index contributed by atoms with van der Waals surface area (Å²) in [5.74, 6) is 0.704. The summed E-state index contributed by atoms with van der Waals surface area (Å²) in [4.78, 5) is 19.9. The maximum atomic E-state index is 11.9. The molecular weight excluding hydrogens is 270 g/mol. The quantitative estimate of drug-likeness (QED) is 0.884. The molecule has 21 heavy (non-hydrogen) atoms. The third-order valence-corrected chi connectivity index (χ3v) is 3.56. The summed E-state index contributed by atoms with van der Waals surface area (Å²) in [6.07, 6.45) is 6.79. The van der Waals surface area contributed by atoms with Gasteiger partial charge in [-0.1, -0.05) is 6.07 Å². The summed E-state index contributed by atoms with van der Waals surface area (Å²) < 4.78 is 5.83. The molecule has 1 fully saturated rings. The van der Waals surface area contributed by atoms with E-state index in [0.717, 1.165) is 25.7 Å². The minimum absolute atomic E-state index is 0.159. The molecular formula is C14H17N5O2. The molecule has 1 aliphatic carbocycles. The number of nitrogens with zero attached hydrogens (tertiary/aromatic N) is 3. The van der Waals surface area contributed by atoms with Gasteiger partial charge in [-0.3, -0.25) is 9.89 Å². The highest BCUT2D eigenvalue weighted by molar-refractivity contribution is 5.90. The van der Waals surface area contributed by atoms with E-state index in [2.05, 4.69) is 25.5 Å². The molecule has 2 aromatic heterocycles. The number of hydrogen-bond donors (Lipinski definition) is 2. The Labute approximate surface area is 122 Å². The van der Waals surface area contributed by atoms with E-state index < -0.39 is 0 Å². The number of pyridine rings is 1. The van der Waals surface area contributed by atoms with Crippen LogP contribution in [0.4, 0.5) is 0 Å². The molecule has 3 rings (SSSR count). The Balaban J connectivity index is 1.46. The van der Waals surface area contributed by atoms with E-state index in [4.69, 9.17) is 4.74 Å². The summed E-state index contributed by atoms with van der Waals surface area (Å²) >= 11 is 0. The Morgan fingerprint density at radius 2 is 2.10 bits per heavy atom. The lowest BCUT2D eigenvalue weighted by Crippen LogP contribution is -2.40. The minimum atomic E-state index is -0.207. The van der Waals surface area contributed by atoms with Crippen LogP contribution < -0.4 is 10.1 Å². The highest BCUT2D eigenvalue weighted by Crippen LogP contribution is 2.22. The molecule has 2 heterocycles. The van der Waals surface area contributed by atoms with Gasteiger partial charge in [0.1, 0.15) is 12.4 Å². The van der Waals surface area contributed by atoms with Crippen molar-refractivity contribution >= 4 is 5.91 Å². The number of amides is 1. The number of aromatic amines is 1. The van der Waals surface area contributed by atoms with Crippen molar-refractivity contribution in [1.29, 1.82) is 0 Å². The maximum absolute atomic E-state index is 11.9. The predicted molar refractivity (Wildman–Crippen MR) is 74.8 cm³/mol. The summed E-state index contributed by atoms with van der Waals surface area (Å²) in [7, 11) is 0. The van der Waals surface area contributed by atoms with E-state index in [1.807, 2.05) is 18.2 Å². The van der Waals surface area contributed by atoms with Gasteiger partial charge in [-0.05, 0) is 31.7 Å². The molecule has 7 heteroatoms. The first-order chi connectivity index (χ1) is 10.3. The van der Waals surface area contributed by atoms with Crippen LogP contribution in [0, 0.1) is 0 Å². The van der Waals surface area contributed by atoms with Crippen LogP contribution in [0.2, 0.25) is 0 Å². The smallest absolute Gasteiger partial charge is 0.288 e. The molecule has 1 saturated carbocycles. The molecule has 110 valence electrons. The fourth-order valence-electron chi connectivity index (χ4n) is 2.48. The van der Waals surface area contributed by atoms with Crippen molar-refractivity contribution in [2.75, 3.05) is 0 Å². The molecule has 0 aliphatic heterocycles. The van der Waals surface area contributed by atoms with Crippen LogP contribution >= 0.6 is 0 Å². The first-order valence-corrected chi connectivity index (χ1v) is 7.05. The van der Waals surface area contributed by atoms with Crippen LogP contribution in [0.3, 0.4) is 0 Å². The van der Waals surface area contributed by atoms with Crippen LogP contribution in [0.25, 0.3) is 0 Å². The zero-order valence-electron chi connectivity index (χ0n) is 11.5. The van der Waals surface area contributed by atoms with Crippen LogP contribution in [0.5, 0.6) is 5.88 Å². The molecule has 1 amide bonds. The van der Waals surface area contributed by atoms with Gasteiger partial charge in [0.25, 0.3) is 5.91 Å². The molecule has 7 nitrogen and oxygen atoms in total. The molecule has 0 atom stereocenters. The zero-order chi connectivity index (χ0) is 14.5. The van der Waals surface area contributed by atoms with E-state index in [1.165, 1.54) is 6.33 Å². The van der Waals surface area contributed by atoms with Gasteiger partial charge < -0.3 is 10.1 Å². The van der Waals surface area contributed by atoms with Gasteiger partial charge in [-0.2, -0.15) is 5.10 Å². The van der Waals surface area contributed by atoms with Crippen LogP contribution in [-0.2, 0) is 0 Å². The van der Waals surface area contributed by atoms with E-state index in [0.29, 0.717) is 5.88 Å². The van der Waals surface area contributed by atoms with Crippen molar-refractivity contribution in [2.45, 2.75) is 37.8 Å². The second kappa shape index (κ2) is 6.34. The molecule has 0 spiro atoms. The number of carbonyl (C=O) groups is 1. The summed E-state index contributed by atoms with van der Waals surface area (Å²) in [6.45, 7) is 0. The van der Waals surface area contributed by atoms with Crippen molar-refractivity contribution in [2.24, 2.45) is 0 Å². The Kier molecular flexibility index (Phi) is 4.09. The number of aromatic nitrogens is 4. The predicted octanol–water partition coefficient (Wildman–Crippen LogP) is 1.32. The molecule has 0 aromatic carbocycles. The molecule has 0 saturated heterocycles. The van der Waals surface area contributed by atoms with Gasteiger partial charge in [-0.25, -0.2) is 9.97 Å². The molecule has 2 N–H and O–H groups in total. The van der Waals surface area contributed by atoms with Crippen LogP contribution in [0.15, 0.2) is 30.7 Å². The highest BCUT2D eigenvalue weighted by Gasteiger charge is 2.24. The average molecular weight is 287 g/mol. The third kappa shape index (κ3) is 3.56. The lowest BCUT2D eigenvalue weighted by molar-refractivity contribution is 0.0880. The van der Waals surface area contributed by atoms with Gasteiger partial charge in [0, 0.05) is 18.3 Å². The fourth-order valence-corrected chi connectivity index (χ4v) is 2.48. The third-order valence-electron chi connectivity index (χ3n) is 3.56. The number of rotatable bonds is 4. The van der Waals surface area contributed by atoms with Crippen LogP contribution in [-0.4, -0.2) is 38.2 Å². The van der Waals surface area contributed by atoms with Crippen molar-refractivity contribution < 1.29 is 9.53 Å². The SMILES string of the molecule is O=C(NC1CCC(Oc2ccccn2)CC1)c1ncn[nH]1. The second-order valence-corrected chi connectivity index (χ2v) is 5.07. The number of carbonyl (C=O) groups excluding carboxylic acids is 1. The fraction of sp³-hybridized carbons (Fsp3) is 0.429. The number of ether oxygens (including phenoxy) is 1. The van der Waals surface area contributed by atoms with E-state index in [-0.39, 0.29) is 23.9 Å². The standard InChI is InChI=1S/C14H17N5O2/c20-14(13-16-9-17-19-13)18-10-4-6-11(7-5-10)21-12-3-1-2-8-15-12/h1-3,8-11H,4-7H2,(H,18,20)(H,16,17,19). The van der Waals surface area contributed by atoms with Crippen LogP contribution in [0.1, 0.15) is 36.3 Å². The lowest BCUT2D eigenvalue weighted by atomic mass is 9.93. The van der Waals surface area contributed by atoms with Gasteiger partial charge in [0.2, 0.25) is 11.7 Å². The minimum Gasteiger partial charge on any atom is -0.474 e. The topological polar surface area (TPSA) is 92.8 Å². The van der Waals surface area contributed by atoms with Crippen molar-refractivity contribution in [1.82, 2.24) is 25.5 Å². The first kappa shape index (κ1) is 13.5. The normalized spacial score (nSPS) is 21.7. The Bertz CT molecular complexity index is 564. The maximum Gasteiger partial charge on any atom is 0.288 e. The lowest BCUT2D eigenvalue weighted by Gasteiger charge is -2.28. The zero-order valence-corrected chi connectivity index (χ0v) is 11.5. The molecule has 0 unspecified atom stereocenters. The second-order valence-electron chi connectivity index (χ2n) is 5.07. The number of nitrogens with one attached hydrogen (secondary N) is 2. The Morgan fingerprint density at radius 1 is 1.24 bits per heavy atom. The monoisotopic (exact) mass is 287 g/mol. The van der Waals surface area contributed by atoms with E-state index in [9.17, 15) is 4.79 Å².